The quantitative estimate of drug-likeness (QED) is 0.781. The molecule has 0 bridgehead atoms. The lowest BCUT2D eigenvalue weighted by atomic mass is 10.3. The molecule has 0 amide bonds. The SMILES string of the molecule is Nc1c(I)cnn1C1CCOC1. The maximum absolute atomic E-state index is 5.82. The van der Waals surface area contributed by atoms with E-state index in [-0.39, 0.29) is 0 Å². The molecule has 1 aromatic heterocycles. The first-order valence-electron chi connectivity index (χ1n) is 3.85. The summed E-state index contributed by atoms with van der Waals surface area (Å²) in [5.41, 5.74) is 5.82. The van der Waals surface area contributed by atoms with Crippen LogP contribution in [0.3, 0.4) is 0 Å². The fourth-order valence-corrected chi connectivity index (χ4v) is 1.73. The van der Waals surface area contributed by atoms with Crippen LogP contribution in [0.2, 0.25) is 0 Å². The number of halogens is 1. The van der Waals surface area contributed by atoms with Crippen molar-refractivity contribution < 1.29 is 4.74 Å². The molecule has 2 rings (SSSR count). The predicted octanol–water partition coefficient (Wildman–Crippen LogP) is 1.03. The van der Waals surface area contributed by atoms with Crippen LogP contribution < -0.4 is 5.73 Å². The molecule has 66 valence electrons. The third-order valence-electron chi connectivity index (χ3n) is 2.04. The second kappa shape index (κ2) is 3.21. The lowest BCUT2D eigenvalue weighted by Gasteiger charge is -2.09. The summed E-state index contributed by atoms with van der Waals surface area (Å²) in [7, 11) is 0. The second-order valence-corrected chi connectivity index (χ2v) is 4.00. The highest BCUT2D eigenvalue weighted by Crippen LogP contribution is 2.23. The van der Waals surface area contributed by atoms with Gasteiger partial charge in [0.05, 0.1) is 22.4 Å². The molecule has 1 saturated heterocycles. The van der Waals surface area contributed by atoms with Gasteiger partial charge in [0.2, 0.25) is 0 Å². The Bertz CT molecular complexity index is 280. The van der Waals surface area contributed by atoms with Gasteiger partial charge in [-0.2, -0.15) is 5.10 Å². The van der Waals surface area contributed by atoms with Gasteiger partial charge in [-0.1, -0.05) is 0 Å². The van der Waals surface area contributed by atoms with Crippen molar-refractivity contribution in [3.8, 4) is 0 Å². The Kier molecular flexibility index (Phi) is 2.22. The van der Waals surface area contributed by atoms with Gasteiger partial charge in [0.25, 0.3) is 0 Å². The van der Waals surface area contributed by atoms with Gasteiger partial charge in [-0.3, -0.25) is 0 Å². The molecule has 2 N–H and O–H groups in total. The van der Waals surface area contributed by atoms with Crippen LogP contribution in [-0.2, 0) is 4.74 Å². The number of ether oxygens (including phenoxy) is 1. The highest BCUT2D eigenvalue weighted by Gasteiger charge is 2.20. The number of anilines is 1. The first-order valence-corrected chi connectivity index (χ1v) is 4.93. The van der Waals surface area contributed by atoms with Crippen LogP contribution in [0.4, 0.5) is 5.82 Å². The summed E-state index contributed by atoms with van der Waals surface area (Å²) in [6.45, 7) is 1.56. The Morgan fingerprint density at radius 3 is 3.08 bits per heavy atom. The molecule has 0 aromatic carbocycles. The molecule has 0 radical (unpaired) electrons. The largest absolute Gasteiger partial charge is 0.383 e. The van der Waals surface area contributed by atoms with E-state index in [1.54, 1.807) is 6.20 Å². The normalized spacial score (nSPS) is 23.2. The highest BCUT2D eigenvalue weighted by molar-refractivity contribution is 14.1. The van der Waals surface area contributed by atoms with Crippen molar-refractivity contribution in [2.45, 2.75) is 12.5 Å². The summed E-state index contributed by atoms with van der Waals surface area (Å²) in [6, 6.07) is 0.341. The average Bonchev–Trinajstić information content (AvgIpc) is 2.64. The number of nitrogens with two attached hydrogens (primary N) is 1. The van der Waals surface area contributed by atoms with E-state index in [4.69, 9.17) is 10.5 Å². The van der Waals surface area contributed by atoms with Crippen molar-refractivity contribution in [2.24, 2.45) is 0 Å². The fourth-order valence-electron chi connectivity index (χ4n) is 1.36. The van der Waals surface area contributed by atoms with Crippen LogP contribution in [0, 0.1) is 3.57 Å². The number of rotatable bonds is 1. The van der Waals surface area contributed by atoms with E-state index in [0.717, 1.165) is 29.0 Å². The Morgan fingerprint density at radius 1 is 1.75 bits per heavy atom. The van der Waals surface area contributed by atoms with Crippen molar-refractivity contribution in [1.82, 2.24) is 9.78 Å². The zero-order chi connectivity index (χ0) is 8.55. The van der Waals surface area contributed by atoms with E-state index in [9.17, 15) is 0 Å². The summed E-state index contributed by atoms with van der Waals surface area (Å²) < 4.78 is 8.13. The molecule has 1 aliphatic rings. The maximum Gasteiger partial charge on any atom is 0.135 e. The smallest absolute Gasteiger partial charge is 0.135 e. The highest BCUT2D eigenvalue weighted by atomic mass is 127. The minimum atomic E-state index is 0.341. The first kappa shape index (κ1) is 8.31. The zero-order valence-electron chi connectivity index (χ0n) is 6.53. The minimum Gasteiger partial charge on any atom is -0.383 e. The number of hydrogen-bond acceptors (Lipinski definition) is 3. The van der Waals surface area contributed by atoms with Crippen LogP contribution in [0.25, 0.3) is 0 Å². The number of nitrogens with zero attached hydrogens (tertiary/aromatic N) is 2. The Labute approximate surface area is 84.2 Å². The van der Waals surface area contributed by atoms with Crippen LogP contribution in [0.1, 0.15) is 12.5 Å². The number of aromatic nitrogens is 2. The molecule has 4 nitrogen and oxygen atoms in total. The molecule has 0 aliphatic carbocycles. The second-order valence-electron chi connectivity index (χ2n) is 2.84. The van der Waals surface area contributed by atoms with Crippen LogP contribution in [0.5, 0.6) is 0 Å². The summed E-state index contributed by atoms with van der Waals surface area (Å²) in [5, 5.41) is 4.20. The van der Waals surface area contributed by atoms with Gasteiger partial charge in [-0.15, -0.1) is 0 Å². The standard InChI is InChI=1S/C7H10IN3O/c8-6-3-10-11(7(6)9)5-1-2-12-4-5/h3,5H,1-2,4,9H2. The summed E-state index contributed by atoms with van der Waals surface area (Å²) in [6.07, 6.45) is 2.80. The van der Waals surface area contributed by atoms with Crippen LogP contribution >= 0.6 is 22.6 Å². The molecular formula is C7H10IN3O. The first-order chi connectivity index (χ1) is 5.79. The van der Waals surface area contributed by atoms with Crippen LogP contribution in [0.15, 0.2) is 6.20 Å². The Hall–Kier alpha value is -0.300. The van der Waals surface area contributed by atoms with Crippen molar-refractivity contribution in [3.63, 3.8) is 0 Å². The lowest BCUT2D eigenvalue weighted by molar-refractivity contribution is 0.185. The van der Waals surface area contributed by atoms with Crippen molar-refractivity contribution >= 4 is 28.4 Å². The molecular weight excluding hydrogens is 269 g/mol. The van der Waals surface area contributed by atoms with Gasteiger partial charge >= 0.3 is 0 Å². The zero-order valence-corrected chi connectivity index (χ0v) is 8.69. The van der Waals surface area contributed by atoms with Gasteiger partial charge in [0.1, 0.15) is 5.82 Å². The van der Waals surface area contributed by atoms with E-state index in [1.165, 1.54) is 0 Å². The van der Waals surface area contributed by atoms with Crippen molar-refractivity contribution in [3.05, 3.63) is 9.77 Å². The minimum absolute atomic E-state index is 0.341. The molecule has 1 fully saturated rings. The molecule has 12 heavy (non-hydrogen) atoms. The number of hydrogen-bond donors (Lipinski definition) is 1. The predicted molar refractivity (Wildman–Crippen MR) is 53.8 cm³/mol. The summed E-state index contributed by atoms with van der Waals surface area (Å²) in [4.78, 5) is 0. The van der Waals surface area contributed by atoms with Gasteiger partial charge in [0.15, 0.2) is 0 Å². The summed E-state index contributed by atoms with van der Waals surface area (Å²) in [5.74, 6) is 0.756. The third kappa shape index (κ3) is 1.31. The molecule has 0 spiro atoms. The maximum atomic E-state index is 5.82. The van der Waals surface area contributed by atoms with E-state index < -0.39 is 0 Å². The van der Waals surface area contributed by atoms with Gasteiger partial charge < -0.3 is 10.5 Å². The van der Waals surface area contributed by atoms with Gasteiger partial charge in [-0.05, 0) is 29.0 Å². The molecule has 1 aromatic rings. The van der Waals surface area contributed by atoms with Crippen molar-refractivity contribution in [1.29, 1.82) is 0 Å². The molecule has 2 heterocycles. The Morgan fingerprint density at radius 2 is 2.58 bits per heavy atom. The van der Waals surface area contributed by atoms with Crippen molar-refractivity contribution in [2.75, 3.05) is 18.9 Å². The molecule has 1 unspecified atom stereocenters. The molecule has 5 heteroatoms. The van der Waals surface area contributed by atoms with E-state index >= 15 is 0 Å². The Balaban J connectivity index is 2.26. The van der Waals surface area contributed by atoms with Gasteiger partial charge in [0, 0.05) is 6.61 Å². The van der Waals surface area contributed by atoms with E-state index in [1.807, 2.05) is 4.68 Å². The lowest BCUT2D eigenvalue weighted by Crippen LogP contribution is -2.13. The topological polar surface area (TPSA) is 53.1 Å². The van der Waals surface area contributed by atoms with E-state index in [0.29, 0.717) is 6.04 Å². The fraction of sp³-hybridized carbons (Fsp3) is 0.571. The third-order valence-corrected chi connectivity index (χ3v) is 2.87. The monoisotopic (exact) mass is 279 g/mol. The van der Waals surface area contributed by atoms with E-state index in [2.05, 4.69) is 27.7 Å². The molecule has 1 aliphatic heterocycles. The molecule has 1 atom stereocenters. The summed E-state index contributed by atoms with van der Waals surface area (Å²) >= 11 is 2.18. The van der Waals surface area contributed by atoms with Gasteiger partial charge in [-0.25, -0.2) is 4.68 Å². The average molecular weight is 279 g/mol. The molecule has 0 saturated carbocycles. The number of nitrogen functional groups attached to an aromatic ring is 1. The van der Waals surface area contributed by atoms with Crippen LogP contribution in [-0.4, -0.2) is 23.0 Å².